The molecule has 15 heavy (non-hydrogen) atoms. The summed E-state index contributed by atoms with van der Waals surface area (Å²) in [5, 5.41) is 0. The fourth-order valence-corrected chi connectivity index (χ4v) is 1.14. The van der Waals surface area contributed by atoms with E-state index in [4.69, 9.17) is 0 Å². The molecule has 0 saturated heterocycles. The molecule has 1 aromatic heterocycles. The van der Waals surface area contributed by atoms with Crippen molar-refractivity contribution < 1.29 is 13.2 Å². The van der Waals surface area contributed by atoms with E-state index in [1.54, 1.807) is 0 Å². The van der Waals surface area contributed by atoms with Crippen molar-refractivity contribution in [3.63, 3.8) is 0 Å². The smallest absolute Gasteiger partial charge is 0.159 e. The van der Waals surface area contributed by atoms with Crippen LogP contribution in [0.2, 0.25) is 0 Å². The summed E-state index contributed by atoms with van der Waals surface area (Å²) in [6, 6.07) is 2.90. The average molecular weight is 210 g/mol. The number of aromatic nitrogens is 2. The first-order valence-corrected chi connectivity index (χ1v) is 4.09. The maximum absolute atomic E-state index is 12.8. The second-order valence-electron chi connectivity index (χ2n) is 2.88. The maximum atomic E-state index is 12.8. The van der Waals surface area contributed by atoms with Crippen LogP contribution in [0.5, 0.6) is 0 Å². The summed E-state index contributed by atoms with van der Waals surface area (Å²) in [5.41, 5.74) is 0.174. The zero-order valence-electron chi connectivity index (χ0n) is 7.42. The van der Waals surface area contributed by atoms with Crippen LogP contribution in [0.1, 0.15) is 0 Å². The number of hydrogen-bond acceptors (Lipinski definition) is 2. The van der Waals surface area contributed by atoms with Gasteiger partial charge in [-0.15, -0.1) is 0 Å². The van der Waals surface area contributed by atoms with Crippen molar-refractivity contribution in [3.8, 4) is 11.4 Å². The van der Waals surface area contributed by atoms with Crippen molar-refractivity contribution in [3.05, 3.63) is 48.0 Å². The van der Waals surface area contributed by atoms with Crippen LogP contribution in [-0.4, -0.2) is 9.97 Å². The fourth-order valence-electron chi connectivity index (χ4n) is 1.14. The molecule has 2 aromatic rings. The van der Waals surface area contributed by atoms with Crippen LogP contribution in [0.25, 0.3) is 11.4 Å². The minimum absolute atomic E-state index is 0.0785. The molecule has 0 atom stereocenters. The molecule has 0 saturated carbocycles. The second-order valence-corrected chi connectivity index (χ2v) is 2.88. The molecule has 5 heteroatoms. The number of halogens is 3. The molecule has 0 bridgehead atoms. The van der Waals surface area contributed by atoms with Gasteiger partial charge in [-0.3, -0.25) is 0 Å². The van der Waals surface area contributed by atoms with E-state index in [2.05, 4.69) is 9.97 Å². The van der Waals surface area contributed by atoms with Crippen molar-refractivity contribution >= 4 is 0 Å². The van der Waals surface area contributed by atoms with E-state index in [1.807, 2.05) is 0 Å². The summed E-state index contributed by atoms with van der Waals surface area (Å²) >= 11 is 0. The van der Waals surface area contributed by atoms with Gasteiger partial charge in [-0.2, -0.15) is 0 Å². The Balaban J connectivity index is 2.49. The van der Waals surface area contributed by atoms with E-state index in [0.717, 1.165) is 30.6 Å². The lowest BCUT2D eigenvalue weighted by Gasteiger charge is -1.99. The van der Waals surface area contributed by atoms with Gasteiger partial charge in [0.05, 0.1) is 12.4 Å². The molecular formula is C10H5F3N2. The Hall–Kier alpha value is -1.91. The third-order valence-corrected chi connectivity index (χ3v) is 1.74. The number of rotatable bonds is 1. The van der Waals surface area contributed by atoms with Gasteiger partial charge in [0, 0.05) is 11.6 Å². The van der Waals surface area contributed by atoms with Crippen LogP contribution in [0.15, 0.2) is 30.6 Å². The van der Waals surface area contributed by atoms with Gasteiger partial charge in [-0.05, 0) is 12.1 Å². The van der Waals surface area contributed by atoms with Crippen LogP contribution >= 0.6 is 0 Å². The monoisotopic (exact) mass is 210 g/mol. The summed E-state index contributed by atoms with van der Waals surface area (Å²) in [6.45, 7) is 0. The lowest BCUT2D eigenvalue weighted by molar-refractivity contribution is 0.583. The van der Waals surface area contributed by atoms with Gasteiger partial charge in [0.2, 0.25) is 0 Å². The van der Waals surface area contributed by atoms with E-state index in [-0.39, 0.29) is 11.4 Å². The van der Waals surface area contributed by atoms with Crippen LogP contribution in [0.4, 0.5) is 13.2 Å². The Bertz CT molecular complexity index is 462. The quantitative estimate of drug-likeness (QED) is 0.722. The summed E-state index contributed by atoms with van der Waals surface area (Å²) < 4.78 is 38.1. The van der Waals surface area contributed by atoms with Gasteiger partial charge in [0.1, 0.15) is 11.6 Å². The standard InChI is InChI=1S/C10H5F3N2/c11-7-1-6(2-8(12)3-7)10-14-4-9(13)5-15-10/h1-5H. The molecule has 2 rings (SSSR count). The molecule has 2 nitrogen and oxygen atoms in total. The number of hydrogen-bond donors (Lipinski definition) is 0. The molecule has 0 unspecified atom stereocenters. The SMILES string of the molecule is Fc1cnc(-c2cc(F)cc(F)c2)nc1. The molecule has 1 heterocycles. The highest BCUT2D eigenvalue weighted by Gasteiger charge is 2.05. The van der Waals surface area contributed by atoms with Crippen molar-refractivity contribution in [2.24, 2.45) is 0 Å². The van der Waals surface area contributed by atoms with Crippen molar-refractivity contribution in [1.82, 2.24) is 9.97 Å². The van der Waals surface area contributed by atoms with Gasteiger partial charge in [-0.25, -0.2) is 23.1 Å². The lowest BCUT2D eigenvalue weighted by Crippen LogP contribution is -1.91. The summed E-state index contributed by atoms with van der Waals surface area (Å²) in [7, 11) is 0. The normalized spacial score (nSPS) is 10.3. The van der Waals surface area contributed by atoms with E-state index < -0.39 is 17.5 Å². The van der Waals surface area contributed by atoms with E-state index in [1.165, 1.54) is 0 Å². The summed E-state index contributed by atoms with van der Waals surface area (Å²) in [4.78, 5) is 7.22. The zero-order valence-corrected chi connectivity index (χ0v) is 7.42. The molecular weight excluding hydrogens is 205 g/mol. The van der Waals surface area contributed by atoms with E-state index in [0.29, 0.717) is 0 Å². The third kappa shape index (κ3) is 2.12. The molecule has 76 valence electrons. The minimum atomic E-state index is -0.724. The van der Waals surface area contributed by atoms with Gasteiger partial charge < -0.3 is 0 Å². The average Bonchev–Trinajstić information content (AvgIpc) is 2.17. The third-order valence-electron chi connectivity index (χ3n) is 1.74. The predicted octanol–water partition coefficient (Wildman–Crippen LogP) is 2.56. The van der Waals surface area contributed by atoms with Gasteiger partial charge in [0.25, 0.3) is 0 Å². The summed E-state index contributed by atoms with van der Waals surface area (Å²) in [6.07, 6.45) is 1.87. The predicted molar refractivity (Wildman–Crippen MR) is 47.3 cm³/mol. The molecule has 0 N–H and O–H groups in total. The first kappa shape index (κ1) is 9.64. The molecule has 1 aromatic carbocycles. The molecule has 0 aliphatic carbocycles. The molecule has 0 radical (unpaired) electrons. The highest BCUT2D eigenvalue weighted by atomic mass is 19.1. The maximum Gasteiger partial charge on any atom is 0.159 e. The Morgan fingerprint density at radius 1 is 0.733 bits per heavy atom. The van der Waals surface area contributed by atoms with Crippen molar-refractivity contribution in [1.29, 1.82) is 0 Å². The van der Waals surface area contributed by atoms with Gasteiger partial charge in [-0.1, -0.05) is 0 Å². The van der Waals surface area contributed by atoms with Crippen LogP contribution < -0.4 is 0 Å². The second kappa shape index (κ2) is 3.68. The first-order valence-electron chi connectivity index (χ1n) is 4.09. The first-order chi connectivity index (χ1) is 7.15. The highest BCUT2D eigenvalue weighted by Crippen LogP contribution is 2.17. The topological polar surface area (TPSA) is 25.8 Å². The van der Waals surface area contributed by atoms with Crippen LogP contribution in [-0.2, 0) is 0 Å². The Kier molecular flexibility index (Phi) is 2.37. The number of nitrogens with zero attached hydrogens (tertiary/aromatic N) is 2. The number of benzene rings is 1. The fraction of sp³-hybridized carbons (Fsp3) is 0. The Morgan fingerprint density at radius 3 is 1.80 bits per heavy atom. The van der Waals surface area contributed by atoms with Crippen LogP contribution in [0.3, 0.4) is 0 Å². The Morgan fingerprint density at radius 2 is 1.27 bits per heavy atom. The summed E-state index contributed by atoms with van der Waals surface area (Å²) in [5.74, 6) is -1.97. The highest BCUT2D eigenvalue weighted by molar-refractivity contribution is 5.54. The van der Waals surface area contributed by atoms with Crippen molar-refractivity contribution in [2.75, 3.05) is 0 Å². The van der Waals surface area contributed by atoms with Gasteiger partial charge in [0.15, 0.2) is 11.6 Å². The van der Waals surface area contributed by atoms with Gasteiger partial charge >= 0.3 is 0 Å². The van der Waals surface area contributed by atoms with E-state index in [9.17, 15) is 13.2 Å². The minimum Gasteiger partial charge on any atom is -0.233 e. The molecule has 0 aliphatic heterocycles. The Labute approximate surface area is 83.4 Å². The van der Waals surface area contributed by atoms with Crippen LogP contribution in [0, 0.1) is 17.5 Å². The molecule has 0 amide bonds. The lowest BCUT2D eigenvalue weighted by atomic mass is 10.2. The molecule has 0 fully saturated rings. The van der Waals surface area contributed by atoms with Crippen molar-refractivity contribution in [2.45, 2.75) is 0 Å². The molecule has 0 spiro atoms. The zero-order chi connectivity index (χ0) is 10.8. The van der Waals surface area contributed by atoms with E-state index >= 15 is 0 Å². The molecule has 0 aliphatic rings. The largest absolute Gasteiger partial charge is 0.233 e.